The number of hydrogen-bond acceptors (Lipinski definition) is 4. The van der Waals surface area contributed by atoms with Crippen LogP contribution < -0.4 is 0 Å². The van der Waals surface area contributed by atoms with Crippen molar-refractivity contribution in [3.63, 3.8) is 0 Å². The fourth-order valence-corrected chi connectivity index (χ4v) is 4.21. The summed E-state index contributed by atoms with van der Waals surface area (Å²) in [6.07, 6.45) is 6.04. The fraction of sp³-hybridized carbons (Fsp3) is 0.650. The monoisotopic (exact) mass is 327 g/mol. The van der Waals surface area contributed by atoms with Crippen LogP contribution in [0.1, 0.15) is 43.7 Å². The molecule has 4 nitrogen and oxygen atoms in total. The molecule has 1 saturated carbocycles. The molecule has 1 aliphatic carbocycles. The van der Waals surface area contributed by atoms with E-state index in [1.807, 2.05) is 30.3 Å². The molecule has 1 aromatic carbocycles. The molecular weight excluding hydrogens is 298 g/mol. The summed E-state index contributed by atoms with van der Waals surface area (Å²) < 4.78 is 0. The Hall–Kier alpha value is -1.41. The molecule has 3 rings (SSSR count). The minimum Gasteiger partial charge on any atom is -0.392 e. The first-order valence-corrected chi connectivity index (χ1v) is 9.35. The van der Waals surface area contributed by atoms with Gasteiger partial charge in [-0.25, -0.2) is 0 Å². The molecule has 0 bridgehead atoms. The van der Waals surface area contributed by atoms with E-state index in [4.69, 9.17) is 0 Å². The van der Waals surface area contributed by atoms with E-state index in [9.17, 15) is 10.4 Å². The maximum Gasteiger partial charge on any atom is 0.123 e. The van der Waals surface area contributed by atoms with Crippen LogP contribution in [0.4, 0.5) is 0 Å². The second kappa shape index (κ2) is 8.62. The molecule has 1 aliphatic heterocycles. The van der Waals surface area contributed by atoms with Gasteiger partial charge in [0.1, 0.15) is 6.04 Å². The average Bonchev–Trinajstić information content (AvgIpc) is 3.11. The zero-order chi connectivity index (χ0) is 16.8. The number of rotatable bonds is 6. The van der Waals surface area contributed by atoms with Crippen molar-refractivity contribution in [3.8, 4) is 6.07 Å². The molecule has 2 atom stereocenters. The van der Waals surface area contributed by atoms with E-state index in [0.717, 1.165) is 50.6 Å². The van der Waals surface area contributed by atoms with Gasteiger partial charge in [0, 0.05) is 32.7 Å². The molecule has 2 unspecified atom stereocenters. The van der Waals surface area contributed by atoms with E-state index in [0.29, 0.717) is 0 Å². The Morgan fingerprint density at radius 3 is 2.38 bits per heavy atom. The molecule has 1 aromatic rings. The van der Waals surface area contributed by atoms with Crippen molar-refractivity contribution < 1.29 is 5.11 Å². The predicted molar refractivity (Wildman–Crippen MR) is 95.4 cm³/mol. The molecule has 2 aliphatic rings. The molecule has 0 aromatic heterocycles. The van der Waals surface area contributed by atoms with E-state index in [-0.39, 0.29) is 12.1 Å². The Labute approximate surface area is 145 Å². The molecule has 2 fully saturated rings. The highest BCUT2D eigenvalue weighted by atomic mass is 16.3. The topological polar surface area (TPSA) is 50.5 Å². The summed E-state index contributed by atoms with van der Waals surface area (Å²) in [6.45, 7) is 4.44. The minimum atomic E-state index is -0.194. The van der Waals surface area contributed by atoms with Gasteiger partial charge in [0.15, 0.2) is 0 Å². The van der Waals surface area contributed by atoms with Crippen molar-refractivity contribution in [1.82, 2.24) is 9.80 Å². The third kappa shape index (κ3) is 4.57. The normalized spacial score (nSPS) is 23.0. The zero-order valence-electron chi connectivity index (χ0n) is 14.5. The van der Waals surface area contributed by atoms with E-state index in [1.165, 1.54) is 25.7 Å². The van der Waals surface area contributed by atoms with Crippen molar-refractivity contribution >= 4 is 0 Å². The van der Waals surface area contributed by atoms with Gasteiger partial charge in [-0.2, -0.15) is 5.26 Å². The van der Waals surface area contributed by atoms with Gasteiger partial charge in [0.05, 0.1) is 12.2 Å². The quantitative estimate of drug-likeness (QED) is 0.873. The molecule has 1 heterocycles. The number of aliphatic hydroxyl groups excluding tert-OH is 1. The van der Waals surface area contributed by atoms with Crippen LogP contribution in [0.3, 0.4) is 0 Å². The van der Waals surface area contributed by atoms with E-state index in [2.05, 4.69) is 15.9 Å². The first kappa shape index (κ1) is 17.4. The second-order valence-corrected chi connectivity index (χ2v) is 7.32. The molecule has 4 heteroatoms. The van der Waals surface area contributed by atoms with Gasteiger partial charge in [0.2, 0.25) is 0 Å². The van der Waals surface area contributed by atoms with Crippen molar-refractivity contribution in [2.75, 3.05) is 32.7 Å². The Balaban J connectivity index is 1.45. The van der Waals surface area contributed by atoms with Gasteiger partial charge >= 0.3 is 0 Å². The largest absolute Gasteiger partial charge is 0.392 e. The Bertz CT molecular complexity index is 528. The van der Waals surface area contributed by atoms with Crippen LogP contribution in [-0.4, -0.2) is 53.7 Å². The predicted octanol–water partition coefficient (Wildman–Crippen LogP) is 2.81. The summed E-state index contributed by atoms with van der Waals surface area (Å²) in [5.41, 5.74) is 1.08. The number of β-amino-alcohol motifs (C(OH)–C–C–N with tert-alkyl or cyclic N) is 1. The lowest BCUT2D eigenvalue weighted by Crippen LogP contribution is -2.49. The van der Waals surface area contributed by atoms with Crippen LogP contribution in [0.15, 0.2) is 30.3 Å². The highest BCUT2D eigenvalue weighted by Gasteiger charge is 2.26. The number of benzene rings is 1. The van der Waals surface area contributed by atoms with Crippen molar-refractivity contribution in [2.45, 2.75) is 44.2 Å². The minimum absolute atomic E-state index is 0.156. The number of nitriles is 1. The van der Waals surface area contributed by atoms with Crippen LogP contribution in [-0.2, 0) is 0 Å². The Morgan fingerprint density at radius 2 is 1.75 bits per heavy atom. The fourth-order valence-electron chi connectivity index (χ4n) is 4.21. The molecule has 1 saturated heterocycles. The van der Waals surface area contributed by atoms with Gasteiger partial charge in [-0.3, -0.25) is 9.80 Å². The lowest BCUT2D eigenvalue weighted by atomic mass is 9.99. The number of aliphatic hydroxyl groups is 1. The smallest absolute Gasteiger partial charge is 0.123 e. The SMILES string of the molecule is N#CC(c1ccccc1)N1CCN(CC(O)CC2CCCC2)CC1. The lowest BCUT2D eigenvalue weighted by Gasteiger charge is -2.38. The Kier molecular flexibility index (Phi) is 6.25. The molecular formula is C20H29N3O. The highest BCUT2D eigenvalue weighted by molar-refractivity contribution is 5.24. The summed E-state index contributed by atoms with van der Waals surface area (Å²) in [4.78, 5) is 4.62. The first-order chi connectivity index (χ1) is 11.8. The van der Waals surface area contributed by atoms with Gasteiger partial charge in [0.25, 0.3) is 0 Å². The molecule has 0 spiro atoms. The standard InChI is InChI=1S/C20H29N3O/c21-15-20(18-8-2-1-3-9-18)23-12-10-22(11-13-23)16-19(24)14-17-6-4-5-7-17/h1-3,8-9,17,19-20,24H,4-7,10-14,16H2. The van der Waals surface area contributed by atoms with Crippen LogP contribution >= 0.6 is 0 Å². The van der Waals surface area contributed by atoms with Gasteiger partial charge in [-0.15, -0.1) is 0 Å². The number of nitrogens with zero attached hydrogens (tertiary/aromatic N) is 3. The van der Waals surface area contributed by atoms with Gasteiger partial charge in [-0.05, 0) is 17.9 Å². The maximum atomic E-state index is 10.4. The average molecular weight is 327 g/mol. The number of hydrogen-bond donors (Lipinski definition) is 1. The third-order valence-electron chi connectivity index (χ3n) is 5.56. The summed E-state index contributed by atoms with van der Waals surface area (Å²) >= 11 is 0. The molecule has 130 valence electrons. The first-order valence-electron chi connectivity index (χ1n) is 9.35. The zero-order valence-corrected chi connectivity index (χ0v) is 14.5. The van der Waals surface area contributed by atoms with Crippen LogP contribution in [0.5, 0.6) is 0 Å². The van der Waals surface area contributed by atoms with Gasteiger partial charge in [-0.1, -0.05) is 56.0 Å². The molecule has 0 radical (unpaired) electrons. The van der Waals surface area contributed by atoms with Crippen molar-refractivity contribution in [2.24, 2.45) is 5.92 Å². The Morgan fingerprint density at radius 1 is 1.08 bits per heavy atom. The number of piperazine rings is 1. The van der Waals surface area contributed by atoms with Crippen LogP contribution in [0.2, 0.25) is 0 Å². The molecule has 24 heavy (non-hydrogen) atoms. The van der Waals surface area contributed by atoms with Crippen LogP contribution in [0, 0.1) is 17.2 Å². The molecule has 0 amide bonds. The summed E-state index contributed by atoms with van der Waals surface area (Å²) in [7, 11) is 0. The molecule has 1 N–H and O–H groups in total. The van der Waals surface area contributed by atoms with E-state index < -0.39 is 0 Å². The van der Waals surface area contributed by atoms with Crippen molar-refractivity contribution in [3.05, 3.63) is 35.9 Å². The summed E-state index contributed by atoms with van der Waals surface area (Å²) in [6, 6.07) is 12.3. The summed E-state index contributed by atoms with van der Waals surface area (Å²) in [5.74, 6) is 0.738. The maximum absolute atomic E-state index is 10.4. The van der Waals surface area contributed by atoms with Crippen molar-refractivity contribution in [1.29, 1.82) is 5.26 Å². The van der Waals surface area contributed by atoms with Gasteiger partial charge < -0.3 is 5.11 Å². The van der Waals surface area contributed by atoms with E-state index in [1.54, 1.807) is 0 Å². The van der Waals surface area contributed by atoms with E-state index >= 15 is 0 Å². The highest BCUT2D eigenvalue weighted by Crippen LogP contribution is 2.29. The third-order valence-corrected chi connectivity index (χ3v) is 5.56. The summed E-state index contributed by atoms with van der Waals surface area (Å²) in [5, 5.41) is 19.9. The van der Waals surface area contributed by atoms with Crippen LogP contribution in [0.25, 0.3) is 0 Å². The lowest BCUT2D eigenvalue weighted by molar-refractivity contribution is 0.0540. The second-order valence-electron chi connectivity index (χ2n) is 7.32.